The van der Waals surface area contributed by atoms with Crippen molar-refractivity contribution in [2.75, 3.05) is 10.8 Å². The fraction of sp³-hybridized carbons (Fsp3) is 0.333. The summed E-state index contributed by atoms with van der Waals surface area (Å²) >= 11 is 12.3. The fourth-order valence-electron chi connectivity index (χ4n) is 4.23. The number of sulfonamides is 1. The SMILES string of the molecule is CC[C@@H](C)NC(=O)[C@@H](CC)N(Cc1ccc(Cl)cc1)C(=O)CN(c1cc(Cl)ccc1C)S(=O)(=O)c1ccccc1. The lowest BCUT2D eigenvalue weighted by Crippen LogP contribution is -2.53. The second-order valence-corrected chi connectivity index (χ2v) is 12.4. The lowest BCUT2D eigenvalue weighted by Gasteiger charge is -2.34. The third-order valence-corrected chi connectivity index (χ3v) is 8.96. The zero-order valence-corrected chi connectivity index (χ0v) is 25.4. The van der Waals surface area contributed by atoms with Gasteiger partial charge >= 0.3 is 0 Å². The first-order valence-corrected chi connectivity index (χ1v) is 15.4. The summed E-state index contributed by atoms with van der Waals surface area (Å²) in [7, 11) is -4.17. The minimum atomic E-state index is -4.17. The van der Waals surface area contributed by atoms with Gasteiger partial charge in [0.15, 0.2) is 0 Å². The van der Waals surface area contributed by atoms with E-state index < -0.39 is 28.5 Å². The van der Waals surface area contributed by atoms with Crippen molar-refractivity contribution in [1.82, 2.24) is 10.2 Å². The molecule has 0 fully saturated rings. The highest BCUT2D eigenvalue weighted by atomic mass is 35.5. The van der Waals surface area contributed by atoms with Gasteiger partial charge in [-0.2, -0.15) is 0 Å². The largest absolute Gasteiger partial charge is 0.352 e. The van der Waals surface area contributed by atoms with Gasteiger partial charge in [0.2, 0.25) is 11.8 Å². The second-order valence-electron chi connectivity index (χ2n) is 9.65. The van der Waals surface area contributed by atoms with Crippen LogP contribution in [-0.2, 0) is 26.2 Å². The van der Waals surface area contributed by atoms with Crippen molar-refractivity contribution >= 4 is 50.7 Å². The Labute approximate surface area is 247 Å². The molecule has 2 amide bonds. The van der Waals surface area contributed by atoms with Crippen LogP contribution in [0.4, 0.5) is 5.69 Å². The van der Waals surface area contributed by atoms with E-state index in [1.165, 1.54) is 23.1 Å². The number of amides is 2. The monoisotopic (exact) mass is 603 g/mol. The Bertz CT molecular complexity index is 1420. The Balaban J connectivity index is 2.08. The summed E-state index contributed by atoms with van der Waals surface area (Å²) in [4.78, 5) is 28.9. The maximum atomic E-state index is 14.1. The zero-order chi connectivity index (χ0) is 29.4. The zero-order valence-electron chi connectivity index (χ0n) is 23.1. The van der Waals surface area contributed by atoms with Crippen LogP contribution in [0.2, 0.25) is 10.0 Å². The van der Waals surface area contributed by atoms with Crippen molar-refractivity contribution < 1.29 is 18.0 Å². The van der Waals surface area contributed by atoms with Gasteiger partial charge in [-0.1, -0.05) is 73.4 Å². The summed E-state index contributed by atoms with van der Waals surface area (Å²) in [5, 5.41) is 3.84. The highest BCUT2D eigenvalue weighted by Crippen LogP contribution is 2.30. The molecule has 1 N–H and O–H groups in total. The number of nitrogens with one attached hydrogen (secondary N) is 1. The van der Waals surface area contributed by atoms with Crippen molar-refractivity contribution in [1.29, 1.82) is 0 Å². The molecule has 0 aliphatic heterocycles. The van der Waals surface area contributed by atoms with Crippen LogP contribution in [-0.4, -0.2) is 43.8 Å². The summed E-state index contributed by atoms with van der Waals surface area (Å²) in [6.07, 6.45) is 1.06. The van der Waals surface area contributed by atoms with Crippen LogP contribution in [0, 0.1) is 6.92 Å². The molecule has 2 atom stereocenters. The number of halogens is 2. The molecule has 40 heavy (non-hydrogen) atoms. The van der Waals surface area contributed by atoms with E-state index in [-0.39, 0.29) is 29.1 Å². The van der Waals surface area contributed by atoms with E-state index in [0.717, 1.165) is 16.3 Å². The Hall–Kier alpha value is -3.07. The quantitative estimate of drug-likeness (QED) is 0.266. The van der Waals surface area contributed by atoms with Crippen molar-refractivity contribution in [3.63, 3.8) is 0 Å². The Morgan fingerprint density at radius 1 is 0.900 bits per heavy atom. The van der Waals surface area contributed by atoms with Gasteiger partial charge in [-0.05, 0) is 74.2 Å². The molecule has 0 saturated carbocycles. The molecule has 0 bridgehead atoms. The lowest BCUT2D eigenvalue weighted by molar-refractivity contribution is -0.140. The predicted octanol–water partition coefficient (Wildman–Crippen LogP) is 6.22. The Morgan fingerprint density at radius 3 is 2.12 bits per heavy atom. The van der Waals surface area contributed by atoms with Crippen molar-refractivity contribution in [2.45, 2.75) is 64.1 Å². The normalized spacial score (nSPS) is 12.8. The average molecular weight is 605 g/mol. The molecule has 0 spiro atoms. The van der Waals surface area contributed by atoms with Crippen LogP contribution in [0.15, 0.2) is 77.7 Å². The molecule has 0 heterocycles. The topological polar surface area (TPSA) is 86.8 Å². The fourth-order valence-corrected chi connectivity index (χ4v) is 6.02. The third-order valence-electron chi connectivity index (χ3n) is 6.70. The van der Waals surface area contributed by atoms with Gasteiger partial charge in [0.1, 0.15) is 12.6 Å². The van der Waals surface area contributed by atoms with Crippen molar-refractivity contribution in [3.05, 3.63) is 94.0 Å². The number of benzene rings is 3. The first kappa shape index (κ1) is 31.5. The van der Waals surface area contributed by atoms with Gasteiger partial charge in [0, 0.05) is 22.6 Å². The van der Waals surface area contributed by atoms with E-state index in [1.807, 2.05) is 20.8 Å². The molecule has 214 valence electrons. The number of aryl methyl sites for hydroxylation is 1. The summed E-state index contributed by atoms with van der Waals surface area (Å²) < 4.78 is 28.9. The van der Waals surface area contributed by atoms with Crippen LogP contribution in [0.25, 0.3) is 0 Å². The number of carbonyl (C=O) groups excluding carboxylic acids is 2. The van der Waals surface area contributed by atoms with E-state index in [2.05, 4.69) is 5.32 Å². The molecule has 0 saturated heterocycles. The standard InChI is InChI=1S/C30H35Cl2N3O4S/c1-5-22(4)33-30(37)27(6-2)34(19-23-13-16-24(31)17-14-23)29(36)20-35(28-18-25(32)15-12-21(28)3)40(38,39)26-10-8-7-9-11-26/h7-18,22,27H,5-6,19-20H2,1-4H3,(H,33,37)/t22-,27-/m1/s1. The molecular weight excluding hydrogens is 569 g/mol. The minimum absolute atomic E-state index is 0.0352. The van der Waals surface area contributed by atoms with Crippen LogP contribution in [0.1, 0.15) is 44.7 Å². The van der Waals surface area contributed by atoms with Gasteiger partial charge in [-0.15, -0.1) is 0 Å². The molecule has 7 nitrogen and oxygen atoms in total. The number of hydrogen-bond acceptors (Lipinski definition) is 4. The molecule has 3 aromatic rings. The molecule has 0 aliphatic carbocycles. The van der Waals surface area contributed by atoms with Gasteiger partial charge in [-0.25, -0.2) is 8.42 Å². The lowest BCUT2D eigenvalue weighted by atomic mass is 10.1. The first-order valence-electron chi connectivity index (χ1n) is 13.2. The minimum Gasteiger partial charge on any atom is -0.352 e. The summed E-state index contributed by atoms with van der Waals surface area (Å²) in [5.74, 6) is -0.824. The van der Waals surface area contributed by atoms with E-state index in [1.54, 1.807) is 61.5 Å². The maximum absolute atomic E-state index is 14.1. The Morgan fingerprint density at radius 2 is 1.52 bits per heavy atom. The predicted molar refractivity (Wildman–Crippen MR) is 161 cm³/mol. The highest BCUT2D eigenvalue weighted by Gasteiger charge is 2.34. The van der Waals surface area contributed by atoms with Gasteiger partial charge < -0.3 is 10.2 Å². The number of hydrogen-bond donors (Lipinski definition) is 1. The van der Waals surface area contributed by atoms with Gasteiger partial charge in [0.25, 0.3) is 10.0 Å². The number of carbonyl (C=O) groups is 2. The van der Waals surface area contributed by atoms with E-state index in [0.29, 0.717) is 22.0 Å². The highest BCUT2D eigenvalue weighted by molar-refractivity contribution is 7.92. The molecule has 10 heteroatoms. The van der Waals surface area contributed by atoms with Gasteiger partial charge in [-0.3, -0.25) is 13.9 Å². The third kappa shape index (κ3) is 7.77. The van der Waals surface area contributed by atoms with E-state index in [9.17, 15) is 18.0 Å². The molecular formula is C30H35Cl2N3O4S. The Kier molecular flexibility index (Phi) is 11.0. The van der Waals surface area contributed by atoms with Crippen LogP contribution >= 0.6 is 23.2 Å². The summed E-state index contributed by atoms with van der Waals surface area (Å²) in [5.41, 5.74) is 1.67. The number of nitrogens with zero attached hydrogens (tertiary/aromatic N) is 2. The smallest absolute Gasteiger partial charge is 0.264 e. The van der Waals surface area contributed by atoms with Crippen LogP contribution < -0.4 is 9.62 Å². The molecule has 0 aliphatic rings. The van der Waals surface area contributed by atoms with E-state index in [4.69, 9.17) is 23.2 Å². The number of rotatable bonds is 12. The average Bonchev–Trinajstić information content (AvgIpc) is 2.94. The van der Waals surface area contributed by atoms with Gasteiger partial charge in [0.05, 0.1) is 10.6 Å². The molecule has 0 radical (unpaired) electrons. The molecule has 3 rings (SSSR count). The molecule has 0 unspecified atom stereocenters. The van der Waals surface area contributed by atoms with Crippen molar-refractivity contribution in [3.8, 4) is 0 Å². The maximum Gasteiger partial charge on any atom is 0.264 e. The van der Waals surface area contributed by atoms with Crippen LogP contribution in [0.5, 0.6) is 0 Å². The van der Waals surface area contributed by atoms with Crippen molar-refractivity contribution in [2.24, 2.45) is 0 Å². The first-order chi connectivity index (χ1) is 19.0. The summed E-state index contributed by atoms with van der Waals surface area (Å²) in [6, 6.07) is 18.9. The molecule has 0 aromatic heterocycles. The number of anilines is 1. The van der Waals surface area contributed by atoms with E-state index >= 15 is 0 Å². The molecule has 3 aromatic carbocycles. The summed E-state index contributed by atoms with van der Waals surface area (Å²) in [6.45, 7) is 7.00. The second kappa shape index (κ2) is 14.0. The van der Waals surface area contributed by atoms with Crippen LogP contribution in [0.3, 0.4) is 0 Å².